The Hall–Kier alpha value is -0.770. The minimum Gasteiger partial charge on any atom is -0.370 e. The molecule has 0 saturated heterocycles. The lowest BCUT2D eigenvalue weighted by Gasteiger charge is -2.20. The van der Waals surface area contributed by atoms with E-state index in [2.05, 4.69) is 36.4 Å². The van der Waals surface area contributed by atoms with Crippen LogP contribution in [-0.2, 0) is 0 Å². The van der Waals surface area contributed by atoms with Gasteiger partial charge in [-0.2, -0.15) is 0 Å². The third-order valence-electron chi connectivity index (χ3n) is 3.26. The first-order valence-corrected chi connectivity index (χ1v) is 7.29. The molecule has 0 aromatic carbocycles. The van der Waals surface area contributed by atoms with Gasteiger partial charge in [-0.3, -0.25) is 4.99 Å². The minimum atomic E-state index is 0.152. The molecule has 1 fully saturated rings. The molecule has 0 bridgehead atoms. The average molecular weight is 254 g/mol. The van der Waals surface area contributed by atoms with Crippen molar-refractivity contribution < 1.29 is 0 Å². The van der Waals surface area contributed by atoms with Crippen LogP contribution in [0, 0.1) is 0 Å². The van der Waals surface area contributed by atoms with Crippen LogP contribution in [0.5, 0.6) is 0 Å². The molecule has 4 nitrogen and oxygen atoms in total. The highest BCUT2D eigenvalue weighted by Gasteiger charge is 2.12. The molecule has 18 heavy (non-hydrogen) atoms. The molecule has 1 aliphatic carbocycles. The van der Waals surface area contributed by atoms with Crippen LogP contribution < -0.4 is 16.4 Å². The van der Waals surface area contributed by atoms with Gasteiger partial charge in [0.2, 0.25) is 0 Å². The maximum atomic E-state index is 5.92. The van der Waals surface area contributed by atoms with Gasteiger partial charge in [0.15, 0.2) is 5.96 Å². The van der Waals surface area contributed by atoms with Crippen LogP contribution in [-0.4, -0.2) is 30.6 Å². The van der Waals surface area contributed by atoms with Crippen molar-refractivity contribution in [2.75, 3.05) is 13.1 Å². The van der Waals surface area contributed by atoms with Gasteiger partial charge in [0.25, 0.3) is 0 Å². The molecule has 0 atom stereocenters. The topological polar surface area (TPSA) is 62.4 Å². The minimum absolute atomic E-state index is 0.152. The molecule has 0 unspecified atom stereocenters. The van der Waals surface area contributed by atoms with E-state index in [0.29, 0.717) is 12.0 Å². The molecule has 0 aliphatic heterocycles. The standard InChI is InChI=1S/C14H30N4/c1-14(2,3)17-11-10-16-13(15)18-12-8-6-4-5-7-9-12/h12,17H,4-11H2,1-3H3,(H3,15,16,18). The molecule has 1 saturated carbocycles. The highest BCUT2D eigenvalue weighted by Crippen LogP contribution is 2.16. The smallest absolute Gasteiger partial charge is 0.188 e. The van der Waals surface area contributed by atoms with Crippen LogP contribution in [0.15, 0.2) is 4.99 Å². The van der Waals surface area contributed by atoms with Crippen molar-refractivity contribution in [3.63, 3.8) is 0 Å². The number of aliphatic imine (C=N–C) groups is 1. The quantitative estimate of drug-likeness (QED) is 0.311. The summed E-state index contributed by atoms with van der Waals surface area (Å²) in [4.78, 5) is 4.37. The van der Waals surface area contributed by atoms with Gasteiger partial charge < -0.3 is 16.4 Å². The Kier molecular flexibility index (Phi) is 6.47. The van der Waals surface area contributed by atoms with Gasteiger partial charge in [0.05, 0.1) is 6.54 Å². The summed E-state index contributed by atoms with van der Waals surface area (Å²) in [6, 6.07) is 0.534. The molecule has 1 rings (SSSR count). The molecule has 106 valence electrons. The normalized spacial score (nSPS) is 19.6. The van der Waals surface area contributed by atoms with E-state index >= 15 is 0 Å². The van der Waals surface area contributed by atoms with E-state index in [-0.39, 0.29) is 5.54 Å². The SMILES string of the molecule is CC(C)(C)NCCN=C(N)NC1CCCCCC1. The molecule has 0 radical (unpaired) electrons. The number of hydrogen-bond acceptors (Lipinski definition) is 2. The molecule has 1 aliphatic rings. The van der Waals surface area contributed by atoms with E-state index in [1.807, 2.05) is 0 Å². The monoisotopic (exact) mass is 254 g/mol. The first-order valence-electron chi connectivity index (χ1n) is 7.29. The highest BCUT2D eigenvalue weighted by atomic mass is 15.1. The van der Waals surface area contributed by atoms with Gasteiger partial charge in [-0.05, 0) is 33.6 Å². The summed E-state index contributed by atoms with van der Waals surface area (Å²) in [5.41, 5.74) is 6.07. The van der Waals surface area contributed by atoms with Gasteiger partial charge in [-0.15, -0.1) is 0 Å². The van der Waals surface area contributed by atoms with Gasteiger partial charge in [0, 0.05) is 18.1 Å². The Morgan fingerprint density at radius 3 is 2.33 bits per heavy atom. The molecular weight excluding hydrogens is 224 g/mol. The predicted octanol–water partition coefficient (Wildman–Crippen LogP) is 2.00. The lowest BCUT2D eigenvalue weighted by molar-refractivity contribution is 0.432. The molecule has 0 spiro atoms. The van der Waals surface area contributed by atoms with Crippen molar-refractivity contribution in [3.05, 3.63) is 0 Å². The molecule has 0 aromatic heterocycles. The largest absolute Gasteiger partial charge is 0.370 e. The number of hydrogen-bond donors (Lipinski definition) is 3. The third-order valence-corrected chi connectivity index (χ3v) is 3.26. The maximum Gasteiger partial charge on any atom is 0.188 e. The second-order valence-corrected chi connectivity index (χ2v) is 6.28. The number of nitrogens with two attached hydrogens (primary N) is 1. The van der Waals surface area contributed by atoms with Crippen LogP contribution in [0.25, 0.3) is 0 Å². The third kappa shape index (κ3) is 7.54. The molecule has 0 heterocycles. The molecule has 4 heteroatoms. The number of nitrogens with zero attached hydrogens (tertiary/aromatic N) is 1. The van der Waals surface area contributed by atoms with Crippen molar-refractivity contribution in [2.24, 2.45) is 10.7 Å². The van der Waals surface area contributed by atoms with Gasteiger partial charge in [-0.25, -0.2) is 0 Å². The average Bonchev–Trinajstić information content (AvgIpc) is 2.52. The second kappa shape index (κ2) is 7.62. The Morgan fingerprint density at radius 1 is 1.17 bits per heavy atom. The number of guanidine groups is 1. The van der Waals surface area contributed by atoms with Crippen molar-refractivity contribution in [2.45, 2.75) is 70.9 Å². The van der Waals surface area contributed by atoms with Crippen LogP contribution in [0.2, 0.25) is 0 Å². The zero-order valence-electron chi connectivity index (χ0n) is 12.3. The van der Waals surface area contributed by atoms with E-state index in [9.17, 15) is 0 Å². The summed E-state index contributed by atoms with van der Waals surface area (Å²) in [6.07, 6.45) is 7.83. The second-order valence-electron chi connectivity index (χ2n) is 6.28. The fraction of sp³-hybridized carbons (Fsp3) is 0.929. The van der Waals surface area contributed by atoms with E-state index in [4.69, 9.17) is 5.73 Å². The maximum absolute atomic E-state index is 5.92. The van der Waals surface area contributed by atoms with Crippen molar-refractivity contribution in [1.29, 1.82) is 0 Å². The summed E-state index contributed by atoms with van der Waals surface area (Å²) in [5.74, 6) is 0.609. The van der Waals surface area contributed by atoms with E-state index in [1.54, 1.807) is 0 Å². The van der Waals surface area contributed by atoms with Crippen molar-refractivity contribution in [3.8, 4) is 0 Å². The van der Waals surface area contributed by atoms with Gasteiger partial charge in [0.1, 0.15) is 0 Å². The summed E-state index contributed by atoms with van der Waals surface area (Å²) in [6.45, 7) is 8.08. The first-order chi connectivity index (χ1) is 8.47. The lowest BCUT2D eigenvalue weighted by Crippen LogP contribution is -2.41. The Bertz CT molecular complexity index is 247. The zero-order chi connectivity index (χ0) is 13.4. The van der Waals surface area contributed by atoms with Gasteiger partial charge >= 0.3 is 0 Å². The van der Waals surface area contributed by atoms with Crippen LogP contribution in [0.3, 0.4) is 0 Å². The molecular formula is C14H30N4. The van der Waals surface area contributed by atoms with Crippen molar-refractivity contribution in [1.82, 2.24) is 10.6 Å². The first kappa shape index (κ1) is 15.3. The Balaban J connectivity index is 2.20. The fourth-order valence-electron chi connectivity index (χ4n) is 2.29. The zero-order valence-corrected chi connectivity index (χ0v) is 12.3. The molecule has 4 N–H and O–H groups in total. The Labute approximate surface area is 112 Å². The summed E-state index contributed by atoms with van der Waals surface area (Å²) >= 11 is 0. The summed E-state index contributed by atoms with van der Waals surface area (Å²) in [5, 5.41) is 6.76. The summed E-state index contributed by atoms with van der Waals surface area (Å²) in [7, 11) is 0. The molecule has 0 aromatic rings. The van der Waals surface area contributed by atoms with Gasteiger partial charge in [-0.1, -0.05) is 25.7 Å². The summed E-state index contributed by atoms with van der Waals surface area (Å²) < 4.78 is 0. The van der Waals surface area contributed by atoms with Crippen LogP contribution in [0.4, 0.5) is 0 Å². The van der Waals surface area contributed by atoms with E-state index in [0.717, 1.165) is 13.1 Å². The van der Waals surface area contributed by atoms with E-state index < -0.39 is 0 Å². The lowest BCUT2D eigenvalue weighted by atomic mass is 10.1. The van der Waals surface area contributed by atoms with Crippen molar-refractivity contribution >= 4 is 5.96 Å². The highest BCUT2D eigenvalue weighted by molar-refractivity contribution is 5.78. The Morgan fingerprint density at radius 2 is 1.78 bits per heavy atom. The molecule has 0 amide bonds. The number of nitrogens with one attached hydrogen (secondary N) is 2. The van der Waals surface area contributed by atoms with Crippen LogP contribution in [0.1, 0.15) is 59.3 Å². The van der Waals surface area contributed by atoms with E-state index in [1.165, 1.54) is 38.5 Å². The van der Waals surface area contributed by atoms with Crippen LogP contribution >= 0.6 is 0 Å². The number of rotatable bonds is 4. The predicted molar refractivity (Wildman–Crippen MR) is 78.9 cm³/mol. The fourth-order valence-corrected chi connectivity index (χ4v) is 2.29.